The molecule has 3 heterocycles. The molecule has 0 spiro atoms. The summed E-state index contributed by atoms with van der Waals surface area (Å²) in [7, 11) is 0. The van der Waals surface area contributed by atoms with Crippen molar-refractivity contribution in [3.05, 3.63) is 29.5 Å². The van der Waals surface area contributed by atoms with E-state index >= 15 is 0 Å². The molecule has 108 valence electrons. The monoisotopic (exact) mass is 291 g/mol. The fourth-order valence-electron chi connectivity index (χ4n) is 2.89. The first kappa shape index (κ1) is 13.8. The van der Waals surface area contributed by atoms with E-state index < -0.39 is 0 Å². The van der Waals surface area contributed by atoms with Crippen LogP contribution in [0.15, 0.2) is 28.2 Å². The molecule has 0 aromatic carbocycles. The van der Waals surface area contributed by atoms with Gasteiger partial charge >= 0.3 is 0 Å². The second-order valence-corrected chi connectivity index (χ2v) is 6.39. The fraction of sp³-hybridized carbons (Fsp3) is 0.533. The van der Waals surface area contributed by atoms with Gasteiger partial charge in [-0.25, -0.2) is 4.98 Å². The molecule has 0 saturated carbocycles. The summed E-state index contributed by atoms with van der Waals surface area (Å²) in [5.74, 6) is 1.49. The number of nitrogens with zero attached hydrogens (tertiary/aromatic N) is 2. The van der Waals surface area contributed by atoms with Crippen LogP contribution in [0.2, 0.25) is 0 Å². The van der Waals surface area contributed by atoms with E-state index in [9.17, 15) is 0 Å². The van der Waals surface area contributed by atoms with Crippen molar-refractivity contribution >= 4 is 11.3 Å². The van der Waals surface area contributed by atoms with Crippen LogP contribution in [-0.4, -0.2) is 29.5 Å². The molecule has 1 saturated heterocycles. The highest BCUT2D eigenvalue weighted by Gasteiger charge is 2.20. The van der Waals surface area contributed by atoms with Gasteiger partial charge in [0.15, 0.2) is 0 Å². The topological polar surface area (TPSA) is 55.3 Å². The zero-order chi connectivity index (χ0) is 13.8. The minimum absolute atomic E-state index is 0.741. The van der Waals surface area contributed by atoms with Crippen molar-refractivity contribution in [1.82, 2.24) is 9.88 Å². The number of piperidine rings is 1. The molecule has 2 aromatic heterocycles. The van der Waals surface area contributed by atoms with Gasteiger partial charge in [-0.3, -0.25) is 4.90 Å². The summed E-state index contributed by atoms with van der Waals surface area (Å²) >= 11 is 1.66. The lowest BCUT2D eigenvalue weighted by Gasteiger charge is -2.31. The zero-order valence-corrected chi connectivity index (χ0v) is 12.4. The Bertz CT molecular complexity index is 521. The third kappa shape index (κ3) is 3.29. The van der Waals surface area contributed by atoms with Crippen LogP contribution in [0, 0.1) is 5.92 Å². The molecular weight excluding hydrogens is 270 g/mol. The van der Waals surface area contributed by atoms with E-state index in [1.807, 2.05) is 17.5 Å². The third-order valence-electron chi connectivity index (χ3n) is 3.85. The molecule has 1 fully saturated rings. The predicted octanol–water partition coefficient (Wildman–Crippen LogP) is 2.96. The van der Waals surface area contributed by atoms with E-state index in [2.05, 4.69) is 9.88 Å². The van der Waals surface area contributed by atoms with Crippen molar-refractivity contribution in [3.63, 3.8) is 0 Å². The lowest BCUT2D eigenvalue weighted by molar-refractivity contribution is 0.161. The molecule has 0 amide bonds. The smallest absolute Gasteiger partial charge is 0.236 e. The van der Waals surface area contributed by atoms with Gasteiger partial charge in [0.25, 0.3) is 0 Å². The van der Waals surface area contributed by atoms with Crippen molar-refractivity contribution in [2.75, 3.05) is 19.6 Å². The maximum absolute atomic E-state index is 5.67. The average Bonchev–Trinajstić information content (AvgIpc) is 3.10. The van der Waals surface area contributed by atoms with Crippen molar-refractivity contribution in [1.29, 1.82) is 0 Å². The molecule has 4 nitrogen and oxygen atoms in total. The SMILES string of the molecule is NCCC1CCCN(Cc2coc(-c3cccs3)n2)C1. The number of rotatable bonds is 5. The summed E-state index contributed by atoms with van der Waals surface area (Å²) in [5, 5.41) is 2.04. The van der Waals surface area contributed by atoms with E-state index in [0.717, 1.165) is 55.0 Å². The number of thiophene rings is 1. The summed E-state index contributed by atoms with van der Waals surface area (Å²) < 4.78 is 5.58. The third-order valence-corrected chi connectivity index (χ3v) is 4.71. The van der Waals surface area contributed by atoms with Crippen molar-refractivity contribution in [3.8, 4) is 10.8 Å². The van der Waals surface area contributed by atoms with Gasteiger partial charge in [-0.1, -0.05) is 6.07 Å². The molecule has 0 radical (unpaired) electrons. The van der Waals surface area contributed by atoms with Crippen LogP contribution in [-0.2, 0) is 6.54 Å². The van der Waals surface area contributed by atoms with Crippen LogP contribution < -0.4 is 5.73 Å². The van der Waals surface area contributed by atoms with E-state index in [4.69, 9.17) is 10.2 Å². The zero-order valence-electron chi connectivity index (χ0n) is 11.6. The van der Waals surface area contributed by atoms with Gasteiger partial charge < -0.3 is 10.2 Å². The summed E-state index contributed by atoms with van der Waals surface area (Å²) in [6.45, 7) is 3.97. The lowest BCUT2D eigenvalue weighted by Crippen LogP contribution is -2.35. The maximum atomic E-state index is 5.67. The highest BCUT2D eigenvalue weighted by Crippen LogP contribution is 2.25. The summed E-state index contributed by atoms with van der Waals surface area (Å²) in [4.78, 5) is 8.16. The Labute approximate surface area is 123 Å². The van der Waals surface area contributed by atoms with Crippen LogP contribution in [0.3, 0.4) is 0 Å². The Morgan fingerprint density at radius 3 is 3.25 bits per heavy atom. The first-order valence-corrected chi connectivity index (χ1v) is 8.14. The van der Waals surface area contributed by atoms with Crippen LogP contribution >= 0.6 is 11.3 Å². The van der Waals surface area contributed by atoms with Gasteiger partial charge in [0.05, 0.1) is 10.6 Å². The van der Waals surface area contributed by atoms with Crippen LogP contribution in [0.1, 0.15) is 25.0 Å². The molecule has 3 rings (SSSR count). The van der Waals surface area contributed by atoms with Crippen molar-refractivity contribution in [2.24, 2.45) is 11.7 Å². The number of hydrogen-bond acceptors (Lipinski definition) is 5. The second-order valence-electron chi connectivity index (χ2n) is 5.44. The number of likely N-dealkylation sites (tertiary alicyclic amines) is 1. The highest BCUT2D eigenvalue weighted by molar-refractivity contribution is 7.13. The maximum Gasteiger partial charge on any atom is 0.236 e. The molecule has 1 aliphatic heterocycles. The van der Waals surface area contributed by atoms with E-state index in [-0.39, 0.29) is 0 Å². The molecule has 0 bridgehead atoms. The molecule has 2 N–H and O–H groups in total. The summed E-state index contributed by atoms with van der Waals surface area (Å²) in [5.41, 5.74) is 6.70. The predicted molar refractivity (Wildman–Crippen MR) is 81.5 cm³/mol. The van der Waals surface area contributed by atoms with Gasteiger partial charge in [0, 0.05) is 13.1 Å². The van der Waals surface area contributed by atoms with Gasteiger partial charge in [-0.2, -0.15) is 0 Å². The molecule has 0 aliphatic carbocycles. The van der Waals surface area contributed by atoms with E-state index in [1.54, 1.807) is 17.6 Å². The molecule has 5 heteroatoms. The minimum atomic E-state index is 0.741. The molecule has 20 heavy (non-hydrogen) atoms. The second kappa shape index (κ2) is 6.52. The molecule has 1 unspecified atom stereocenters. The Morgan fingerprint density at radius 2 is 2.45 bits per heavy atom. The summed E-state index contributed by atoms with van der Waals surface area (Å²) in [6, 6.07) is 4.06. The number of hydrogen-bond donors (Lipinski definition) is 1. The van der Waals surface area contributed by atoms with Crippen molar-refractivity contribution < 1.29 is 4.42 Å². The largest absolute Gasteiger partial charge is 0.444 e. The molecule has 1 aliphatic rings. The van der Waals surface area contributed by atoms with E-state index in [1.165, 1.54) is 12.8 Å². The van der Waals surface area contributed by atoms with Gasteiger partial charge in [0.1, 0.15) is 6.26 Å². The normalized spacial score (nSPS) is 20.4. The van der Waals surface area contributed by atoms with Crippen molar-refractivity contribution in [2.45, 2.75) is 25.8 Å². The van der Waals surface area contributed by atoms with Gasteiger partial charge in [0.2, 0.25) is 5.89 Å². The van der Waals surface area contributed by atoms with Crippen LogP contribution in [0.4, 0.5) is 0 Å². The van der Waals surface area contributed by atoms with Crippen LogP contribution in [0.25, 0.3) is 10.8 Å². The van der Waals surface area contributed by atoms with Gasteiger partial charge in [-0.05, 0) is 49.7 Å². The Morgan fingerprint density at radius 1 is 1.50 bits per heavy atom. The fourth-order valence-corrected chi connectivity index (χ4v) is 3.54. The first-order valence-electron chi connectivity index (χ1n) is 7.26. The first-order chi connectivity index (χ1) is 9.85. The Kier molecular flexibility index (Phi) is 4.50. The molecule has 2 aromatic rings. The lowest BCUT2D eigenvalue weighted by atomic mass is 9.95. The van der Waals surface area contributed by atoms with E-state index in [0.29, 0.717) is 0 Å². The Hall–Kier alpha value is -1.17. The standard InChI is InChI=1S/C15H21N3OS/c16-6-5-12-3-1-7-18(9-12)10-13-11-19-15(17-13)14-4-2-8-20-14/h2,4,8,11-12H,1,3,5-7,9-10,16H2. The summed E-state index contributed by atoms with van der Waals surface area (Å²) in [6.07, 6.45) is 5.50. The number of aromatic nitrogens is 1. The number of oxazole rings is 1. The Balaban J connectivity index is 1.60. The highest BCUT2D eigenvalue weighted by atomic mass is 32.1. The molecular formula is C15H21N3OS. The number of nitrogens with two attached hydrogens (primary N) is 1. The minimum Gasteiger partial charge on any atom is -0.444 e. The van der Waals surface area contributed by atoms with Crippen LogP contribution in [0.5, 0.6) is 0 Å². The van der Waals surface area contributed by atoms with Gasteiger partial charge in [-0.15, -0.1) is 11.3 Å². The quantitative estimate of drug-likeness (QED) is 0.920. The average molecular weight is 291 g/mol. The molecule has 1 atom stereocenters.